The molecule has 12 nitrogen and oxygen atoms in total. The second-order valence-corrected chi connectivity index (χ2v) is 13.9. The van der Waals surface area contributed by atoms with Gasteiger partial charge in [-0.2, -0.15) is 13.2 Å². The summed E-state index contributed by atoms with van der Waals surface area (Å²) in [4.78, 5) is 76.0. The van der Waals surface area contributed by atoms with E-state index in [4.69, 9.17) is 5.73 Å². The van der Waals surface area contributed by atoms with E-state index in [0.29, 0.717) is 20.3 Å². The Labute approximate surface area is 270 Å². The fourth-order valence-electron chi connectivity index (χ4n) is 4.47. The SMILES string of the molecule is CC(NC(=O)C1CCCN1C(=O)C(NC(=O)NC(C(=O)OC(C)(C)C(F)(F)F)C(C)C)C(C)(C)C)C(=O)C(N)=O.CCCC(C)C. The number of carbonyl (C=O) groups excluding carboxylic acids is 6. The molecule has 1 saturated heterocycles. The lowest BCUT2D eigenvalue weighted by Gasteiger charge is -2.36. The van der Waals surface area contributed by atoms with Gasteiger partial charge in [0.1, 0.15) is 18.1 Å². The van der Waals surface area contributed by atoms with Crippen LogP contribution in [0.5, 0.6) is 0 Å². The molecule has 0 aliphatic carbocycles. The van der Waals surface area contributed by atoms with E-state index in [1.807, 2.05) is 0 Å². The van der Waals surface area contributed by atoms with Gasteiger partial charge in [-0.25, -0.2) is 9.59 Å². The largest absolute Gasteiger partial charge is 0.448 e. The van der Waals surface area contributed by atoms with Gasteiger partial charge in [-0.05, 0) is 50.9 Å². The Morgan fingerprint density at radius 2 is 1.46 bits per heavy atom. The summed E-state index contributed by atoms with van der Waals surface area (Å²) in [5.74, 6) is -4.61. The number of rotatable bonds is 12. The molecule has 1 aliphatic heterocycles. The lowest BCUT2D eigenvalue weighted by atomic mass is 9.85. The van der Waals surface area contributed by atoms with Crippen LogP contribution in [0.4, 0.5) is 18.0 Å². The standard InChI is InChI=1S/C25H40F3N5O7.C6H14/c1-12(2)15(21(38)40-24(7,8)25(26,27)28)31-22(39)32-17(23(4,5)6)20(37)33-11-9-10-14(33)19(36)30-13(3)16(34)18(29)35;1-4-5-6(2)3/h12-15,17H,9-11H2,1-8H3,(H2,29,35)(H,30,36)(H2,31,32,39);6H,4-5H2,1-3H3. The number of alkyl halides is 3. The number of nitrogens with zero attached hydrogens (tertiary/aromatic N) is 1. The average Bonchev–Trinajstić information content (AvgIpc) is 3.38. The average molecular weight is 666 g/mol. The minimum Gasteiger partial charge on any atom is -0.448 e. The lowest BCUT2D eigenvalue weighted by Crippen LogP contribution is -2.61. The number of hydrogen-bond donors (Lipinski definition) is 4. The number of urea groups is 1. The minimum atomic E-state index is -4.85. The molecule has 0 radical (unpaired) electrons. The first-order valence-electron chi connectivity index (χ1n) is 15.6. The van der Waals surface area contributed by atoms with E-state index in [2.05, 4.69) is 41.5 Å². The molecule has 5 amide bonds. The molecular weight excluding hydrogens is 611 g/mol. The molecule has 0 aromatic carbocycles. The van der Waals surface area contributed by atoms with Gasteiger partial charge in [0, 0.05) is 6.54 Å². The number of likely N-dealkylation sites (tertiary alicyclic amines) is 1. The normalized spacial score (nSPS) is 17.3. The van der Waals surface area contributed by atoms with Crippen molar-refractivity contribution in [3.63, 3.8) is 0 Å². The number of amides is 5. The number of ketones is 1. The van der Waals surface area contributed by atoms with E-state index in [-0.39, 0.29) is 13.0 Å². The molecule has 46 heavy (non-hydrogen) atoms. The van der Waals surface area contributed by atoms with Crippen LogP contribution in [0.2, 0.25) is 0 Å². The van der Waals surface area contributed by atoms with E-state index in [0.717, 1.165) is 5.92 Å². The fraction of sp³-hybridized carbons (Fsp3) is 0.806. The van der Waals surface area contributed by atoms with E-state index in [1.54, 1.807) is 20.8 Å². The highest BCUT2D eigenvalue weighted by molar-refractivity contribution is 6.37. The zero-order chi connectivity index (χ0) is 36.4. The minimum absolute atomic E-state index is 0.165. The maximum absolute atomic E-state index is 13.6. The third kappa shape index (κ3) is 13.1. The Hall–Kier alpha value is -3.39. The molecule has 1 fully saturated rings. The third-order valence-electron chi connectivity index (χ3n) is 7.33. The fourth-order valence-corrected chi connectivity index (χ4v) is 4.47. The highest BCUT2D eigenvalue weighted by Crippen LogP contribution is 2.33. The Balaban J connectivity index is 0.00000306. The van der Waals surface area contributed by atoms with Crippen LogP contribution < -0.4 is 21.7 Å². The number of primary amides is 1. The summed E-state index contributed by atoms with van der Waals surface area (Å²) in [6.45, 7) is 17.5. The summed E-state index contributed by atoms with van der Waals surface area (Å²) < 4.78 is 44.3. The van der Waals surface area contributed by atoms with Crippen molar-refractivity contribution in [3.05, 3.63) is 0 Å². The second kappa shape index (κ2) is 17.5. The van der Waals surface area contributed by atoms with E-state index in [9.17, 15) is 41.9 Å². The molecule has 1 aliphatic rings. The maximum atomic E-state index is 13.6. The predicted octanol–water partition coefficient (Wildman–Crippen LogP) is 3.60. The van der Waals surface area contributed by atoms with Gasteiger partial charge in [0.05, 0.1) is 6.04 Å². The Morgan fingerprint density at radius 1 is 0.913 bits per heavy atom. The molecule has 15 heteroatoms. The summed E-state index contributed by atoms with van der Waals surface area (Å²) in [5, 5.41) is 7.15. The Morgan fingerprint density at radius 3 is 1.85 bits per heavy atom. The number of halogens is 3. The molecular formula is C31H54F3N5O7. The van der Waals surface area contributed by atoms with Crippen molar-refractivity contribution >= 4 is 35.5 Å². The van der Waals surface area contributed by atoms with Crippen molar-refractivity contribution < 1.29 is 46.7 Å². The molecule has 0 saturated carbocycles. The van der Waals surface area contributed by atoms with Crippen molar-refractivity contribution in [1.82, 2.24) is 20.9 Å². The van der Waals surface area contributed by atoms with Crippen molar-refractivity contribution in [2.75, 3.05) is 6.54 Å². The number of carbonyl (C=O) groups is 6. The van der Waals surface area contributed by atoms with Crippen LogP contribution in [-0.2, 0) is 28.7 Å². The van der Waals surface area contributed by atoms with E-state index in [1.165, 1.54) is 38.5 Å². The van der Waals surface area contributed by atoms with Gasteiger partial charge in [0.25, 0.3) is 5.91 Å². The highest BCUT2D eigenvalue weighted by atomic mass is 19.4. The summed E-state index contributed by atoms with van der Waals surface area (Å²) in [7, 11) is 0. The van der Waals surface area contributed by atoms with Crippen LogP contribution in [0.3, 0.4) is 0 Å². The Bertz CT molecular complexity index is 1090. The van der Waals surface area contributed by atoms with Crippen LogP contribution in [0, 0.1) is 17.3 Å². The number of esters is 1. The van der Waals surface area contributed by atoms with Crippen molar-refractivity contribution in [2.24, 2.45) is 23.0 Å². The zero-order valence-corrected chi connectivity index (χ0v) is 29.0. The van der Waals surface area contributed by atoms with Crippen LogP contribution in [-0.4, -0.2) is 82.9 Å². The summed E-state index contributed by atoms with van der Waals surface area (Å²) in [6, 6.07) is -5.89. The Kier molecular flexibility index (Phi) is 16.2. The second-order valence-electron chi connectivity index (χ2n) is 13.9. The van der Waals surface area contributed by atoms with Gasteiger partial charge >= 0.3 is 18.2 Å². The smallest absolute Gasteiger partial charge is 0.427 e. The third-order valence-corrected chi connectivity index (χ3v) is 7.33. The van der Waals surface area contributed by atoms with Gasteiger partial charge in [-0.15, -0.1) is 0 Å². The van der Waals surface area contributed by atoms with Crippen molar-refractivity contribution in [2.45, 2.75) is 138 Å². The van der Waals surface area contributed by atoms with Crippen molar-refractivity contribution in [3.8, 4) is 0 Å². The van der Waals surface area contributed by atoms with Gasteiger partial charge in [0.15, 0.2) is 0 Å². The molecule has 0 aromatic heterocycles. The summed E-state index contributed by atoms with van der Waals surface area (Å²) in [5.41, 5.74) is 1.26. The molecule has 0 spiro atoms. The summed E-state index contributed by atoms with van der Waals surface area (Å²) in [6.07, 6.45) is -1.44. The first kappa shape index (κ1) is 42.6. The monoisotopic (exact) mass is 665 g/mol. The lowest BCUT2D eigenvalue weighted by molar-refractivity contribution is -0.258. The van der Waals surface area contributed by atoms with E-state index >= 15 is 0 Å². The van der Waals surface area contributed by atoms with Gasteiger partial charge in [0.2, 0.25) is 23.2 Å². The molecule has 0 aromatic rings. The number of nitrogens with two attached hydrogens (primary N) is 1. The van der Waals surface area contributed by atoms with Gasteiger partial charge in [-0.1, -0.05) is 68.2 Å². The number of hydrogen-bond acceptors (Lipinski definition) is 7. The maximum Gasteiger partial charge on any atom is 0.427 e. The molecule has 266 valence electrons. The topological polar surface area (TPSA) is 177 Å². The zero-order valence-electron chi connectivity index (χ0n) is 29.0. The molecule has 1 rings (SSSR count). The van der Waals surface area contributed by atoms with Crippen LogP contribution in [0.15, 0.2) is 0 Å². The number of nitrogens with one attached hydrogen (secondary N) is 3. The predicted molar refractivity (Wildman–Crippen MR) is 166 cm³/mol. The van der Waals surface area contributed by atoms with Crippen LogP contribution in [0.25, 0.3) is 0 Å². The van der Waals surface area contributed by atoms with Gasteiger partial charge in [-0.3, -0.25) is 19.2 Å². The first-order chi connectivity index (χ1) is 20.8. The molecule has 4 unspecified atom stereocenters. The first-order valence-corrected chi connectivity index (χ1v) is 15.6. The number of Topliss-reactive ketones (excluding diaryl/α,β-unsaturated/α-hetero) is 1. The molecule has 0 bridgehead atoms. The quantitative estimate of drug-likeness (QED) is 0.182. The van der Waals surface area contributed by atoms with E-state index < -0.39 is 82.8 Å². The van der Waals surface area contributed by atoms with Crippen molar-refractivity contribution in [1.29, 1.82) is 0 Å². The number of ether oxygens (including phenoxy) is 1. The molecule has 5 N–H and O–H groups in total. The van der Waals surface area contributed by atoms with Crippen LogP contribution in [0.1, 0.15) is 102 Å². The van der Waals surface area contributed by atoms with Crippen LogP contribution >= 0.6 is 0 Å². The summed E-state index contributed by atoms with van der Waals surface area (Å²) >= 11 is 0. The highest BCUT2D eigenvalue weighted by Gasteiger charge is 2.52. The molecule has 1 heterocycles. The molecule has 4 atom stereocenters. The van der Waals surface area contributed by atoms with Gasteiger partial charge < -0.3 is 31.3 Å².